The number of phosphoric acid groups is 1. The summed E-state index contributed by atoms with van der Waals surface area (Å²) in [5.74, 6) is -0.928. The van der Waals surface area contributed by atoms with Gasteiger partial charge in [0.1, 0.15) is 12.7 Å². The highest BCUT2D eigenvalue weighted by Gasteiger charge is 2.27. The molecule has 0 saturated carbocycles. The summed E-state index contributed by atoms with van der Waals surface area (Å²) in [7, 11) is -4.62. The van der Waals surface area contributed by atoms with Crippen LogP contribution < -0.4 is 0 Å². The first kappa shape index (κ1) is 55.2. The minimum absolute atomic E-state index is 0.180. The predicted octanol–water partition coefficient (Wildman–Crippen LogP) is 12.3. The second-order valence-corrected chi connectivity index (χ2v) is 16.9. The number of phosphoric ester groups is 1. The van der Waals surface area contributed by atoms with Gasteiger partial charge in [0.2, 0.25) is 0 Å². The minimum atomic E-state index is -4.62. The van der Waals surface area contributed by atoms with E-state index < -0.39 is 51.8 Å². The minimum Gasteiger partial charge on any atom is -0.462 e. The number of allylic oxidation sites excluding steroid dienone is 6. The highest BCUT2D eigenvalue weighted by Crippen LogP contribution is 2.43. The Morgan fingerprint density at radius 2 is 0.930 bits per heavy atom. The van der Waals surface area contributed by atoms with E-state index in [0.29, 0.717) is 12.8 Å². The van der Waals surface area contributed by atoms with Crippen LogP contribution in [0.15, 0.2) is 36.5 Å². The number of aliphatic hydroxyl groups excluding tert-OH is 2. The molecule has 0 aliphatic heterocycles. The number of rotatable bonds is 43. The van der Waals surface area contributed by atoms with Crippen LogP contribution in [0.3, 0.4) is 0 Å². The van der Waals surface area contributed by atoms with E-state index in [1.807, 2.05) is 0 Å². The van der Waals surface area contributed by atoms with E-state index in [0.717, 1.165) is 51.4 Å². The van der Waals surface area contributed by atoms with Crippen LogP contribution in [0.1, 0.15) is 206 Å². The predicted molar refractivity (Wildman–Crippen MR) is 233 cm³/mol. The third-order valence-corrected chi connectivity index (χ3v) is 10.7. The Morgan fingerprint density at radius 3 is 1.42 bits per heavy atom. The lowest BCUT2D eigenvalue weighted by Crippen LogP contribution is -2.29. The van der Waals surface area contributed by atoms with Gasteiger partial charge in [-0.2, -0.15) is 0 Å². The molecule has 0 spiro atoms. The monoisotopic (exact) mass is 829 g/mol. The van der Waals surface area contributed by atoms with E-state index >= 15 is 0 Å². The van der Waals surface area contributed by atoms with Crippen molar-refractivity contribution in [3.8, 4) is 0 Å². The Kier molecular flexibility index (Phi) is 41.0. The van der Waals surface area contributed by atoms with Gasteiger partial charge in [0.05, 0.1) is 19.8 Å². The number of hydrogen-bond donors (Lipinski definition) is 3. The van der Waals surface area contributed by atoms with E-state index in [1.165, 1.54) is 116 Å². The Bertz CT molecular complexity index is 1050. The topological polar surface area (TPSA) is 149 Å². The van der Waals surface area contributed by atoms with Crippen molar-refractivity contribution >= 4 is 19.8 Å². The summed E-state index contributed by atoms with van der Waals surface area (Å²) in [5, 5.41) is 18.3. The molecule has 0 heterocycles. The molecule has 57 heavy (non-hydrogen) atoms. The van der Waals surface area contributed by atoms with Gasteiger partial charge >= 0.3 is 19.8 Å². The average Bonchev–Trinajstić information content (AvgIpc) is 3.20. The fraction of sp³-hybridized carbons (Fsp3) is 0.826. The van der Waals surface area contributed by atoms with E-state index in [1.54, 1.807) is 0 Å². The van der Waals surface area contributed by atoms with Crippen LogP contribution in [0, 0.1) is 0 Å². The van der Waals surface area contributed by atoms with Gasteiger partial charge in [-0.25, -0.2) is 4.57 Å². The van der Waals surface area contributed by atoms with Gasteiger partial charge in [0.25, 0.3) is 0 Å². The highest BCUT2D eigenvalue weighted by atomic mass is 31.2. The van der Waals surface area contributed by atoms with Crippen molar-refractivity contribution in [3.63, 3.8) is 0 Å². The first-order valence-electron chi connectivity index (χ1n) is 22.9. The van der Waals surface area contributed by atoms with Gasteiger partial charge in [0, 0.05) is 12.8 Å². The molecule has 0 aromatic carbocycles. The van der Waals surface area contributed by atoms with Gasteiger partial charge in [-0.15, -0.1) is 0 Å². The van der Waals surface area contributed by atoms with Gasteiger partial charge < -0.3 is 24.6 Å². The van der Waals surface area contributed by atoms with E-state index in [-0.39, 0.29) is 19.4 Å². The fourth-order valence-corrected chi connectivity index (χ4v) is 6.97. The number of aliphatic hydroxyl groups is 2. The molecular formula is C46H85O10P. The molecule has 0 amide bonds. The Balaban J connectivity index is 4.25. The summed E-state index contributed by atoms with van der Waals surface area (Å²) >= 11 is 0. The third-order valence-electron chi connectivity index (χ3n) is 9.77. The van der Waals surface area contributed by atoms with Crippen molar-refractivity contribution in [2.75, 3.05) is 26.4 Å². The molecule has 0 rings (SSSR count). The zero-order valence-electron chi connectivity index (χ0n) is 36.3. The van der Waals surface area contributed by atoms with Crippen LogP contribution in [-0.4, -0.2) is 65.7 Å². The number of ether oxygens (including phenoxy) is 2. The molecule has 0 aliphatic carbocycles. The fourth-order valence-electron chi connectivity index (χ4n) is 6.18. The summed E-state index contributed by atoms with van der Waals surface area (Å²) < 4.78 is 32.8. The SMILES string of the molecule is CCCC/C=C/CCCCCCCCCCCC(=O)OC[C@H](COP(=O)(O)OC[C@@H](O)CO)OC(=O)CCCCCCCCCCC/C=C/C/C=C/CCCCC. The molecule has 3 N–H and O–H groups in total. The van der Waals surface area contributed by atoms with Crippen LogP contribution in [0.4, 0.5) is 0 Å². The molecule has 0 aromatic rings. The van der Waals surface area contributed by atoms with E-state index in [2.05, 4.69) is 50.3 Å². The standard InChI is InChI=1S/C46H85O10P/c1-3-5-7-9-11-13-15-17-19-20-21-22-24-26-28-30-32-34-36-38-46(50)56-44(42-55-57(51,52)54-40-43(48)39-47)41-53-45(49)37-35-33-31-29-27-25-23-18-16-14-12-10-8-6-4-2/h10-13,17,19,43-44,47-48H,3-9,14-16,18,20-42H2,1-2H3,(H,51,52)/b12-10+,13-11+,19-17+/t43-,44+/m0/s1. The van der Waals surface area contributed by atoms with Crippen molar-refractivity contribution in [1.29, 1.82) is 0 Å². The van der Waals surface area contributed by atoms with Gasteiger partial charge in [-0.05, 0) is 64.2 Å². The van der Waals surface area contributed by atoms with Crippen LogP contribution in [0.2, 0.25) is 0 Å². The highest BCUT2D eigenvalue weighted by molar-refractivity contribution is 7.47. The number of unbranched alkanes of at least 4 members (excludes halogenated alkanes) is 23. The molecule has 3 atom stereocenters. The molecule has 11 heteroatoms. The second kappa shape index (κ2) is 42.3. The van der Waals surface area contributed by atoms with Crippen molar-refractivity contribution in [2.24, 2.45) is 0 Å². The first-order chi connectivity index (χ1) is 27.7. The van der Waals surface area contributed by atoms with Crippen molar-refractivity contribution < 1.29 is 47.8 Å². The molecular weight excluding hydrogens is 743 g/mol. The molecule has 10 nitrogen and oxygen atoms in total. The molecule has 0 radical (unpaired) electrons. The van der Waals surface area contributed by atoms with Gasteiger partial charge in [-0.3, -0.25) is 18.6 Å². The number of esters is 2. The maximum atomic E-state index is 12.6. The maximum absolute atomic E-state index is 12.6. The Morgan fingerprint density at radius 1 is 0.526 bits per heavy atom. The lowest BCUT2D eigenvalue weighted by molar-refractivity contribution is -0.161. The normalized spacial score (nSPS) is 14.1. The quantitative estimate of drug-likeness (QED) is 0.0235. The zero-order chi connectivity index (χ0) is 41.9. The molecule has 1 unspecified atom stereocenters. The van der Waals surface area contributed by atoms with Crippen LogP contribution in [-0.2, 0) is 32.7 Å². The largest absolute Gasteiger partial charge is 0.472 e. The smallest absolute Gasteiger partial charge is 0.462 e. The first-order valence-corrected chi connectivity index (χ1v) is 24.4. The summed E-state index contributed by atoms with van der Waals surface area (Å²) in [4.78, 5) is 35.0. The van der Waals surface area contributed by atoms with Gasteiger partial charge in [0.15, 0.2) is 6.10 Å². The lowest BCUT2D eigenvalue weighted by atomic mass is 10.1. The molecule has 334 valence electrons. The van der Waals surface area contributed by atoms with Crippen molar-refractivity contribution in [2.45, 2.75) is 219 Å². The molecule has 0 aromatic heterocycles. The molecule has 0 bridgehead atoms. The van der Waals surface area contributed by atoms with Crippen LogP contribution in [0.5, 0.6) is 0 Å². The Hall–Kier alpha value is -1.81. The number of hydrogen-bond acceptors (Lipinski definition) is 9. The summed E-state index contributed by atoms with van der Waals surface area (Å²) in [6, 6.07) is 0. The summed E-state index contributed by atoms with van der Waals surface area (Å²) in [5.41, 5.74) is 0. The molecule has 0 aliphatic rings. The van der Waals surface area contributed by atoms with E-state index in [9.17, 15) is 24.2 Å². The second-order valence-electron chi connectivity index (χ2n) is 15.4. The Labute approximate surface area is 348 Å². The number of carbonyl (C=O) groups excluding carboxylic acids is 2. The van der Waals surface area contributed by atoms with Crippen molar-refractivity contribution in [3.05, 3.63) is 36.5 Å². The average molecular weight is 829 g/mol. The number of carbonyl (C=O) groups is 2. The maximum Gasteiger partial charge on any atom is 0.472 e. The third kappa shape index (κ3) is 42.1. The summed E-state index contributed by atoms with van der Waals surface area (Å²) in [6.07, 6.45) is 43.9. The molecule has 0 saturated heterocycles. The zero-order valence-corrected chi connectivity index (χ0v) is 37.2. The molecule has 0 fully saturated rings. The lowest BCUT2D eigenvalue weighted by Gasteiger charge is -2.20. The van der Waals surface area contributed by atoms with Crippen LogP contribution >= 0.6 is 7.82 Å². The van der Waals surface area contributed by atoms with Gasteiger partial charge in [-0.1, -0.05) is 166 Å². The van der Waals surface area contributed by atoms with E-state index in [4.69, 9.17) is 23.6 Å². The van der Waals surface area contributed by atoms with Crippen LogP contribution in [0.25, 0.3) is 0 Å². The van der Waals surface area contributed by atoms with Crippen molar-refractivity contribution in [1.82, 2.24) is 0 Å². The summed E-state index contributed by atoms with van der Waals surface area (Å²) in [6.45, 7) is 2.34.